The molecule has 0 radical (unpaired) electrons. The van der Waals surface area contributed by atoms with Crippen LogP contribution < -0.4 is 0 Å². The summed E-state index contributed by atoms with van der Waals surface area (Å²) < 4.78 is 0. The van der Waals surface area contributed by atoms with Gasteiger partial charge in [-0.2, -0.15) is 0 Å². The van der Waals surface area contributed by atoms with Crippen LogP contribution >= 0.6 is 11.3 Å². The maximum atomic E-state index is 12.4. The number of hydrogen-bond acceptors (Lipinski definition) is 2. The summed E-state index contributed by atoms with van der Waals surface area (Å²) in [6.07, 6.45) is 4.71. The molecule has 3 rings (SSSR count). The molecule has 0 bridgehead atoms. The van der Waals surface area contributed by atoms with E-state index < -0.39 is 0 Å². The highest BCUT2D eigenvalue weighted by Crippen LogP contribution is 2.30. The van der Waals surface area contributed by atoms with E-state index in [9.17, 15) is 4.79 Å². The lowest BCUT2D eigenvalue weighted by Crippen LogP contribution is -2.42. The average molecular weight is 250 g/mol. The Balaban J connectivity index is 1.68. The number of amides is 2. The summed E-state index contributed by atoms with van der Waals surface area (Å²) in [7, 11) is 0. The Kier molecular flexibility index (Phi) is 3.05. The van der Waals surface area contributed by atoms with E-state index in [2.05, 4.69) is 22.4 Å². The maximum absolute atomic E-state index is 12.4. The number of carbonyl (C=O) groups is 1. The molecule has 2 amide bonds. The van der Waals surface area contributed by atoms with Crippen LogP contribution in [0.4, 0.5) is 4.79 Å². The number of nitrogens with zero attached hydrogens (tertiary/aromatic N) is 2. The van der Waals surface area contributed by atoms with Gasteiger partial charge in [-0.25, -0.2) is 4.79 Å². The number of thiophene rings is 1. The highest BCUT2D eigenvalue weighted by atomic mass is 32.1. The number of likely N-dealkylation sites (tertiary alicyclic amines) is 1. The number of carbonyl (C=O) groups excluding carboxylic acids is 1. The van der Waals surface area contributed by atoms with Crippen molar-refractivity contribution in [2.45, 2.75) is 38.3 Å². The monoisotopic (exact) mass is 250 g/mol. The standard InChI is InChI=1S/C13H18N2OS/c16-13(14-7-1-2-8-14)15(11-5-6-11)10-12-4-3-9-17-12/h3-4,9,11H,1-2,5-8,10H2. The van der Waals surface area contributed by atoms with Gasteiger partial charge in [-0.05, 0) is 37.1 Å². The summed E-state index contributed by atoms with van der Waals surface area (Å²) in [5.41, 5.74) is 0. The average Bonchev–Trinajstić information content (AvgIpc) is 2.86. The SMILES string of the molecule is O=C(N1CCCC1)N(Cc1cccs1)C1CC1. The van der Waals surface area contributed by atoms with Crippen molar-refractivity contribution in [3.63, 3.8) is 0 Å². The molecule has 0 atom stereocenters. The van der Waals surface area contributed by atoms with Gasteiger partial charge in [-0.15, -0.1) is 11.3 Å². The summed E-state index contributed by atoms with van der Waals surface area (Å²) in [5.74, 6) is 0. The lowest BCUT2D eigenvalue weighted by Gasteiger charge is -2.27. The van der Waals surface area contributed by atoms with Crippen LogP contribution in [0.5, 0.6) is 0 Å². The van der Waals surface area contributed by atoms with Gasteiger partial charge in [0.05, 0.1) is 6.54 Å². The summed E-state index contributed by atoms with van der Waals surface area (Å²) >= 11 is 1.74. The van der Waals surface area contributed by atoms with Crippen LogP contribution in [0.1, 0.15) is 30.6 Å². The topological polar surface area (TPSA) is 23.6 Å². The molecule has 1 aliphatic heterocycles. The molecule has 2 heterocycles. The zero-order valence-electron chi connectivity index (χ0n) is 9.97. The molecule has 3 nitrogen and oxygen atoms in total. The normalized spacial score (nSPS) is 19.6. The van der Waals surface area contributed by atoms with E-state index in [0.717, 1.165) is 19.6 Å². The van der Waals surface area contributed by atoms with Crippen molar-refractivity contribution in [3.05, 3.63) is 22.4 Å². The number of urea groups is 1. The molecule has 1 aromatic rings. The van der Waals surface area contributed by atoms with Gasteiger partial charge in [-0.3, -0.25) is 0 Å². The van der Waals surface area contributed by atoms with E-state index in [0.29, 0.717) is 6.04 Å². The molecule has 92 valence electrons. The molecular weight excluding hydrogens is 232 g/mol. The number of hydrogen-bond donors (Lipinski definition) is 0. The van der Waals surface area contributed by atoms with Crippen molar-refractivity contribution < 1.29 is 4.79 Å². The first-order valence-corrected chi connectivity index (χ1v) is 7.30. The molecule has 2 fully saturated rings. The molecule has 17 heavy (non-hydrogen) atoms. The van der Waals surface area contributed by atoms with Gasteiger partial charge in [0, 0.05) is 24.0 Å². The van der Waals surface area contributed by atoms with Crippen molar-refractivity contribution in [1.29, 1.82) is 0 Å². The second-order valence-electron chi connectivity index (χ2n) is 4.92. The van der Waals surface area contributed by atoms with E-state index in [1.807, 2.05) is 4.90 Å². The highest BCUT2D eigenvalue weighted by Gasteiger charge is 2.35. The minimum Gasteiger partial charge on any atom is -0.325 e. The fourth-order valence-electron chi connectivity index (χ4n) is 2.40. The predicted molar refractivity (Wildman–Crippen MR) is 69.1 cm³/mol. The molecule has 0 spiro atoms. The fraction of sp³-hybridized carbons (Fsp3) is 0.615. The molecule has 1 saturated heterocycles. The molecule has 0 unspecified atom stereocenters. The van der Waals surface area contributed by atoms with Gasteiger partial charge in [0.1, 0.15) is 0 Å². The third-order valence-corrected chi connectivity index (χ3v) is 4.38. The molecule has 1 aliphatic carbocycles. The Morgan fingerprint density at radius 3 is 2.76 bits per heavy atom. The Labute approximate surface area is 106 Å². The molecular formula is C13H18N2OS. The fourth-order valence-corrected chi connectivity index (χ4v) is 3.10. The molecule has 1 saturated carbocycles. The summed E-state index contributed by atoms with van der Waals surface area (Å²) in [4.78, 5) is 17.8. The predicted octanol–water partition coefficient (Wildman–Crippen LogP) is 2.93. The zero-order valence-corrected chi connectivity index (χ0v) is 10.8. The largest absolute Gasteiger partial charge is 0.325 e. The lowest BCUT2D eigenvalue weighted by molar-refractivity contribution is 0.157. The van der Waals surface area contributed by atoms with Gasteiger partial charge in [0.2, 0.25) is 0 Å². The summed E-state index contributed by atoms with van der Waals surface area (Å²) in [5, 5.41) is 2.08. The Morgan fingerprint density at radius 1 is 1.41 bits per heavy atom. The first-order valence-electron chi connectivity index (χ1n) is 6.42. The minimum atomic E-state index is 0.262. The molecule has 4 heteroatoms. The second kappa shape index (κ2) is 4.69. The molecule has 0 N–H and O–H groups in total. The van der Waals surface area contributed by atoms with Crippen molar-refractivity contribution in [2.24, 2.45) is 0 Å². The van der Waals surface area contributed by atoms with Crippen LogP contribution in [-0.4, -0.2) is 35.0 Å². The van der Waals surface area contributed by atoms with E-state index in [4.69, 9.17) is 0 Å². The van der Waals surface area contributed by atoms with Crippen LogP contribution in [0, 0.1) is 0 Å². The van der Waals surface area contributed by atoms with Crippen molar-refractivity contribution in [1.82, 2.24) is 9.80 Å². The van der Waals surface area contributed by atoms with Crippen LogP contribution in [0.2, 0.25) is 0 Å². The van der Waals surface area contributed by atoms with Crippen LogP contribution in [0.15, 0.2) is 17.5 Å². The second-order valence-corrected chi connectivity index (χ2v) is 5.95. The van der Waals surface area contributed by atoms with Gasteiger partial charge < -0.3 is 9.80 Å². The maximum Gasteiger partial charge on any atom is 0.320 e. The Bertz CT molecular complexity index is 380. The van der Waals surface area contributed by atoms with E-state index in [1.165, 1.54) is 30.6 Å². The van der Waals surface area contributed by atoms with Gasteiger partial charge in [0.15, 0.2) is 0 Å². The Hall–Kier alpha value is -1.03. The van der Waals surface area contributed by atoms with Gasteiger partial charge in [0.25, 0.3) is 0 Å². The zero-order chi connectivity index (χ0) is 11.7. The van der Waals surface area contributed by atoms with Crippen LogP contribution in [0.25, 0.3) is 0 Å². The number of rotatable bonds is 3. The quantitative estimate of drug-likeness (QED) is 0.809. The van der Waals surface area contributed by atoms with Crippen molar-refractivity contribution in [2.75, 3.05) is 13.1 Å². The van der Waals surface area contributed by atoms with Crippen molar-refractivity contribution in [3.8, 4) is 0 Å². The van der Waals surface area contributed by atoms with Crippen LogP contribution in [-0.2, 0) is 6.54 Å². The van der Waals surface area contributed by atoms with Crippen LogP contribution in [0.3, 0.4) is 0 Å². The van der Waals surface area contributed by atoms with Gasteiger partial charge >= 0.3 is 6.03 Å². The van der Waals surface area contributed by atoms with E-state index >= 15 is 0 Å². The van der Waals surface area contributed by atoms with Crippen molar-refractivity contribution >= 4 is 17.4 Å². The first kappa shape index (κ1) is 11.1. The third kappa shape index (κ3) is 2.46. The molecule has 1 aromatic heterocycles. The lowest BCUT2D eigenvalue weighted by atomic mass is 10.4. The van der Waals surface area contributed by atoms with E-state index in [-0.39, 0.29) is 6.03 Å². The van der Waals surface area contributed by atoms with E-state index in [1.54, 1.807) is 11.3 Å². The molecule has 2 aliphatic rings. The third-order valence-electron chi connectivity index (χ3n) is 3.52. The minimum absolute atomic E-state index is 0.262. The molecule has 0 aromatic carbocycles. The summed E-state index contributed by atoms with van der Waals surface area (Å²) in [6.45, 7) is 2.71. The van der Waals surface area contributed by atoms with Gasteiger partial charge in [-0.1, -0.05) is 6.07 Å². The highest BCUT2D eigenvalue weighted by molar-refractivity contribution is 7.09. The summed E-state index contributed by atoms with van der Waals surface area (Å²) in [6, 6.07) is 4.95. The first-order chi connectivity index (χ1) is 8.34. The smallest absolute Gasteiger partial charge is 0.320 e. The Morgan fingerprint density at radius 2 is 2.18 bits per heavy atom.